The fourth-order valence-electron chi connectivity index (χ4n) is 6.12. The molecule has 5 heterocycles. The third-order valence-corrected chi connectivity index (χ3v) is 9.51. The lowest BCUT2D eigenvalue weighted by Gasteiger charge is -2.33. The molecule has 1 saturated heterocycles. The highest BCUT2D eigenvalue weighted by atomic mass is 32.1. The Labute approximate surface area is 250 Å². The van der Waals surface area contributed by atoms with Crippen LogP contribution >= 0.6 is 24.8 Å². The summed E-state index contributed by atoms with van der Waals surface area (Å²) < 4.78 is 17.3. The molecule has 0 unspecified atom stereocenters. The molecular weight excluding hydrogens is 559 g/mol. The monoisotopic (exact) mass is 594 g/mol. The number of nitrogens with zero attached hydrogens (tertiary/aromatic N) is 4. The number of aliphatic carboxylic acids is 1. The molecule has 10 heteroatoms. The van der Waals surface area contributed by atoms with E-state index in [2.05, 4.69) is 18.4 Å². The lowest BCUT2D eigenvalue weighted by molar-refractivity contribution is -0.140. The van der Waals surface area contributed by atoms with E-state index in [1.165, 1.54) is 16.5 Å². The first-order chi connectivity index (χ1) is 18.9. The number of thiophene rings is 1. The SMILES string of the molecule is C.C[C@@H]1c2ccsc2CCN1C(=O)c1cc(C2CC2)c2nc(-c3ccc(N4CC[C@H](C(=O)O)C4)cc3F)cn2c1.S. The van der Waals surface area contributed by atoms with E-state index in [4.69, 9.17) is 4.98 Å². The van der Waals surface area contributed by atoms with Crippen LogP contribution in [0.3, 0.4) is 0 Å². The molecule has 0 radical (unpaired) electrons. The van der Waals surface area contributed by atoms with Gasteiger partial charge in [-0.25, -0.2) is 9.37 Å². The zero-order valence-corrected chi connectivity index (χ0v) is 24.0. The van der Waals surface area contributed by atoms with E-state index in [1.54, 1.807) is 17.4 Å². The van der Waals surface area contributed by atoms with Crippen LogP contribution in [-0.2, 0) is 11.2 Å². The summed E-state index contributed by atoms with van der Waals surface area (Å²) in [5, 5.41) is 11.4. The maximum Gasteiger partial charge on any atom is 0.308 e. The molecule has 0 bridgehead atoms. The molecule has 7 rings (SSSR count). The van der Waals surface area contributed by atoms with Gasteiger partial charge in [0.05, 0.1) is 23.2 Å². The molecule has 4 aromatic rings. The predicted octanol–water partition coefficient (Wildman–Crippen LogP) is 6.50. The topological polar surface area (TPSA) is 78.2 Å². The van der Waals surface area contributed by atoms with Crippen LogP contribution in [0.2, 0.25) is 0 Å². The first-order valence-corrected chi connectivity index (χ1v) is 14.4. The van der Waals surface area contributed by atoms with Crippen molar-refractivity contribution in [3.63, 3.8) is 0 Å². The molecule has 1 amide bonds. The number of anilines is 1. The summed E-state index contributed by atoms with van der Waals surface area (Å²) in [5.74, 6) is -1.26. The van der Waals surface area contributed by atoms with Crippen LogP contribution in [0.15, 0.2) is 48.1 Å². The Hall–Kier alpha value is -3.37. The van der Waals surface area contributed by atoms with Crippen LogP contribution in [0, 0.1) is 11.7 Å². The predicted molar refractivity (Wildman–Crippen MR) is 165 cm³/mol. The standard InChI is InChI=1S/C30H29FN4O3S.CH4.H2S/c1-17-22-8-11-39-27(22)7-10-35(17)29(36)20-12-24(18-2-3-18)28-32-26(16-34(28)15-20)23-5-4-21(13-25(23)31)33-9-6-19(14-33)30(37)38;;/h4-5,8,11-13,15-19H,2-3,6-7,9-10,14H2,1H3,(H,37,38);1H4;1H2/t17-,19+;;/m1../s1. The number of carbonyl (C=O) groups is 2. The van der Waals surface area contributed by atoms with Gasteiger partial charge in [-0.3, -0.25) is 9.59 Å². The number of aromatic nitrogens is 2. The average Bonchev–Trinajstić information content (AvgIpc) is 3.31. The van der Waals surface area contributed by atoms with Crippen LogP contribution in [-0.4, -0.2) is 50.9 Å². The van der Waals surface area contributed by atoms with Crippen LogP contribution in [0.4, 0.5) is 10.1 Å². The van der Waals surface area contributed by atoms with Crippen molar-refractivity contribution < 1.29 is 19.1 Å². The number of hydrogen-bond acceptors (Lipinski definition) is 5. The summed E-state index contributed by atoms with van der Waals surface area (Å²) >= 11 is 1.76. The third kappa shape index (κ3) is 5.12. The second-order valence-electron chi connectivity index (χ2n) is 11.0. The molecule has 216 valence electrons. The molecule has 7 nitrogen and oxygen atoms in total. The Kier molecular flexibility index (Phi) is 7.91. The fraction of sp³-hybridized carbons (Fsp3) is 0.387. The minimum absolute atomic E-state index is 0. The second kappa shape index (κ2) is 11.1. The first kappa shape index (κ1) is 29.1. The molecule has 1 aromatic carbocycles. The van der Waals surface area contributed by atoms with Crippen LogP contribution in [0.5, 0.6) is 0 Å². The van der Waals surface area contributed by atoms with E-state index in [9.17, 15) is 14.7 Å². The number of carboxylic acids is 1. The van der Waals surface area contributed by atoms with E-state index in [1.807, 2.05) is 38.7 Å². The minimum atomic E-state index is -0.811. The summed E-state index contributed by atoms with van der Waals surface area (Å²) in [6.45, 7) is 3.76. The van der Waals surface area contributed by atoms with Gasteiger partial charge in [0.25, 0.3) is 5.91 Å². The van der Waals surface area contributed by atoms with E-state index in [0.717, 1.165) is 30.5 Å². The lowest BCUT2D eigenvalue weighted by atomic mass is 10.00. The smallest absolute Gasteiger partial charge is 0.308 e. The number of carbonyl (C=O) groups excluding carboxylic acids is 1. The van der Waals surface area contributed by atoms with E-state index >= 15 is 4.39 Å². The Morgan fingerprint density at radius 3 is 2.59 bits per heavy atom. The van der Waals surface area contributed by atoms with Crippen molar-refractivity contribution in [1.29, 1.82) is 0 Å². The summed E-state index contributed by atoms with van der Waals surface area (Å²) in [4.78, 5) is 35.1. The number of rotatable bonds is 5. The van der Waals surface area contributed by atoms with Crippen molar-refractivity contribution in [2.75, 3.05) is 24.5 Å². The Morgan fingerprint density at radius 1 is 1.07 bits per heavy atom. The number of imidazole rings is 1. The van der Waals surface area contributed by atoms with E-state index in [0.29, 0.717) is 54.5 Å². The van der Waals surface area contributed by atoms with Crippen molar-refractivity contribution in [2.45, 2.75) is 52.0 Å². The van der Waals surface area contributed by atoms with Gasteiger partial charge in [-0.1, -0.05) is 7.43 Å². The minimum Gasteiger partial charge on any atom is -0.481 e. The Balaban J connectivity index is 0.00000169. The molecular formula is C31H35FN4O3S2. The van der Waals surface area contributed by atoms with Crippen molar-refractivity contribution in [3.05, 3.63) is 75.5 Å². The van der Waals surface area contributed by atoms with Gasteiger partial charge in [0.2, 0.25) is 0 Å². The van der Waals surface area contributed by atoms with E-state index in [-0.39, 0.29) is 32.9 Å². The average molecular weight is 595 g/mol. The number of halogens is 1. The molecule has 2 aliphatic heterocycles. The van der Waals surface area contributed by atoms with Gasteiger partial charge in [0.15, 0.2) is 0 Å². The number of amides is 1. The maximum absolute atomic E-state index is 15.4. The molecule has 0 spiro atoms. The number of fused-ring (bicyclic) bond motifs is 2. The highest BCUT2D eigenvalue weighted by Gasteiger charge is 2.33. The number of carboxylic acid groups (broad SMARTS) is 1. The van der Waals surface area contributed by atoms with E-state index < -0.39 is 17.7 Å². The van der Waals surface area contributed by atoms with Gasteiger partial charge in [-0.2, -0.15) is 13.5 Å². The normalized spacial score (nSPS) is 20.0. The largest absolute Gasteiger partial charge is 0.481 e. The molecule has 3 aliphatic rings. The van der Waals surface area contributed by atoms with Crippen molar-refractivity contribution in [3.8, 4) is 11.3 Å². The quantitative estimate of drug-likeness (QED) is 0.286. The molecule has 2 fully saturated rings. The molecule has 41 heavy (non-hydrogen) atoms. The fourth-order valence-corrected chi connectivity index (χ4v) is 7.09. The summed E-state index contributed by atoms with van der Waals surface area (Å²) in [6, 6.07) is 9.17. The van der Waals surface area contributed by atoms with Gasteiger partial charge >= 0.3 is 5.97 Å². The van der Waals surface area contributed by atoms with Crippen LogP contribution in [0.1, 0.15) is 71.9 Å². The van der Waals surface area contributed by atoms with Gasteiger partial charge in [-0.15, -0.1) is 11.3 Å². The van der Waals surface area contributed by atoms with Gasteiger partial charge in [-0.05, 0) is 85.4 Å². The molecule has 1 aliphatic carbocycles. The first-order valence-electron chi connectivity index (χ1n) is 13.5. The Morgan fingerprint density at radius 2 is 1.88 bits per heavy atom. The van der Waals surface area contributed by atoms with Crippen molar-refractivity contribution >= 4 is 48.0 Å². The zero-order valence-electron chi connectivity index (χ0n) is 22.1. The maximum atomic E-state index is 15.4. The molecule has 1 saturated carbocycles. The van der Waals surface area contributed by atoms with Crippen LogP contribution in [0.25, 0.3) is 16.9 Å². The van der Waals surface area contributed by atoms with Gasteiger partial charge in [0.1, 0.15) is 11.5 Å². The number of benzene rings is 1. The second-order valence-corrected chi connectivity index (χ2v) is 12.0. The Bertz CT molecular complexity index is 1630. The highest BCUT2D eigenvalue weighted by molar-refractivity contribution is 7.59. The summed E-state index contributed by atoms with van der Waals surface area (Å²) in [5.41, 5.74) is 5.27. The molecule has 2 atom stereocenters. The highest BCUT2D eigenvalue weighted by Crippen LogP contribution is 2.43. The molecule has 1 N–H and O–H groups in total. The third-order valence-electron chi connectivity index (χ3n) is 8.51. The number of hydrogen-bond donors (Lipinski definition) is 1. The molecule has 3 aromatic heterocycles. The lowest BCUT2D eigenvalue weighted by Crippen LogP contribution is -2.38. The van der Waals surface area contributed by atoms with Crippen LogP contribution < -0.4 is 4.90 Å². The summed E-state index contributed by atoms with van der Waals surface area (Å²) in [7, 11) is 0. The van der Waals surface area contributed by atoms with Gasteiger partial charge < -0.3 is 19.3 Å². The number of pyridine rings is 1. The van der Waals surface area contributed by atoms with Crippen molar-refractivity contribution in [2.24, 2.45) is 5.92 Å². The summed E-state index contributed by atoms with van der Waals surface area (Å²) in [6.07, 6.45) is 7.19. The van der Waals surface area contributed by atoms with Gasteiger partial charge in [0, 0.05) is 48.2 Å². The zero-order chi connectivity index (χ0) is 26.8. The van der Waals surface area contributed by atoms with Crippen molar-refractivity contribution in [1.82, 2.24) is 14.3 Å².